The SMILES string of the molecule is Cc1nc(Cc2nnc(N3CCOC(C(C)C)C3)n2C)cs1. The molecule has 1 fully saturated rings. The molecule has 3 rings (SSSR count). The van der Waals surface area contributed by atoms with Crippen molar-refractivity contribution in [2.45, 2.75) is 33.3 Å². The normalized spacial score (nSPS) is 19.1. The molecule has 0 N–H and O–H groups in total. The van der Waals surface area contributed by atoms with Crippen molar-refractivity contribution in [1.29, 1.82) is 0 Å². The van der Waals surface area contributed by atoms with Crippen LogP contribution in [0.1, 0.15) is 30.4 Å². The minimum Gasteiger partial charge on any atom is -0.374 e. The predicted molar refractivity (Wildman–Crippen MR) is 87.5 cm³/mol. The van der Waals surface area contributed by atoms with Crippen LogP contribution in [0.3, 0.4) is 0 Å². The fourth-order valence-electron chi connectivity index (χ4n) is 2.69. The fraction of sp³-hybridized carbons (Fsp3) is 0.667. The van der Waals surface area contributed by atoms with E-state index in [9.17, 15) is 0 Å². The lowest BCUT2D eigenvalue weighted by atomic mass is 10.1. The first-order chi connectivity index (χ1) is 10.5. The van der Waals surface area contributed by atoms with Crippen molar-refractivity contribution in [3.63, 3.8) is 0 Å². The summed E-state index contributed by atoms with van der Waals surface area (Å²) in [6, 6.07) is 0. The van der Waals surface area contributed by atoms with E-state index in [1.165, 1.54) is 0 Å². The van der Waals surface area contributed by atoms with Crippen LogP contribution in [0.5, 0.6) is 0 Å². The molecule has 0 radical (unpaired) electrons. The number of aryl methyl sites for hydroxylation is 1. The lowest BCUT2D eigenvalue weighted by Crippen LogP contribution is -2.45. The van der Waals surface area contributed by atoms with Crippen molar-refractivity contribution >= 4 is 17.3 Å². The highest BCUT2D eigenvalue weighted by Crippen LogP contribution is 2.20. The zero-order valence-electron chi connectivity index (χ0n) is 13.6. The summed E-state index contributed by atoms with van der Waals surface area (Å²) in [6.45, 7) is 8.90. The molecule has 0 aromatic carbocycles. The minimum atomic E-state index is 0.259. The topological polar surface area (TPSA) is 56.1 Å². The molecule has 1 unspecified atom stereocenters. The van der Waals surface area contributed by atoms with Gasteiger partial charge in [0.2, 0.25) is 5.95 Å². The molecular formula is C15H23N5OS. The van der Waals surface area contributed by atoms with Crippen LogP contribution in [0.15, 0.2) is 5.38 Å². The molecule has 0 bridgehead atoms. The maximum atomic E-state index is 5.83. The highest BCUT2D eigenvalue weighted by atomic mass is 32.1. The van der Waals surface area contributed by atoms with E-state index >= 15 is 0 Å². The Balaban J connectivity index is 1.75. The monoisotopic (exact) mass is 321 g/mol. The molecular weight excluding hydrogens is 298 g/mol. The lowest BCUT2D eigenvalue weighted by molar-refractivity contribution is 0.0107. The molecule has 7 heteroatoms. The van der Waals surface area contributed by atoms with Gasteiger partial charge in [-0.15, -0.1) is 21.5 Å². The van der Waals surface area contributed by atoms with Gasteiger partial charge in [0.1, 0.15) is 5.82 Å². The fourth-order valence-corrected chi connectivity index (χ4v) is 3.31. The Hall–Kier alpha value is -1.47. The van der Waals surface area contributed by atoms with E-state index in [2.05, 4.69) is 43.9 Å². The lowest BCUT2D eigenvalue weighted by Gasteiger charge is -2.35. The maximum Gasteiger partial charge on any atom is 0.227 e. The number of thiazole rings is 1. The van der Waals surface area contributed by atoms with Crippen molar-refractivity contribution in [3.05, 3.63) is 21.9 Å². The second kappa shape index (κ2) is 6.34. The summed E-state index contributed by atoms with van der Waals surface area (Å²) in [6.07, 6.45) is 0.987. The Labute approximate surface area is 135 Å². The van der Waals surface area contributed by atoms with Crippen LogP contribution >= 0.6 is 11.3 Å². The van der Waals surface area contributed by atoms with Crippen LogP contribution in [0.4, 0.5) is 5.95 Å². The van der Waals surface area contributed by atoms with Crippen molar-refractivity contribution in [3.8, 4) is 0 Å². The summed E-state index contributed by atoms with van der Waals surface area (Å²) in [7, 11) is 2.03. The minimum absolute atomic E-state index is 0.259. The molecule has 2 aromatic rings. The number of morpholine rings is 1. The van der Waals surface area contributed by atoms with Gasteiger partial charge in [-0.1, -0.05) is 13.8 Å². The summed E-state index contributed by atoms with van der Waals surface area (Å²) in [5, 5.41) is 11.9. The number of hydrogen-bond donors (Lipinski definition) is 0. The van der Waals surface area contributed by atoms with Gasteiger partial charge in [0.05, 0.1) is 29.8 Å². The van der Waals surface area contributed by atoms with Crippen molar-refractivity contribution in [2.24, 2.45) is 13.0 Å². The Bertz CT molecular complexity index is 636. The Kier molecular flexibility index (Phi) is 4.44. The third-order valence-corrected chi connectivity index (χ3v) is 4.89. The van der Waals surface area contributed by atoms with E-state index in [4.69, 9.17) is 4.74 Å². The first-order valence-corrected chi connectivity index (χ1v) is 8.58. The third kappa shape index (κ3) is 3.15. The Morgan fingerprint density at radius 2 is 2.23 bits per heavy atom. The first-order valence-electron chi connectivity index (χ1n) is 7.70. The van der Waals surface area contributed by atoms with Gasteiger partial charge >= 0.3 is 0 Å². The molecule has 3 heterocycles. The summed E-state index contributed by atoms with van der Waals surface area (Å²) in [4.78, 5) is 6.78. The number of anilines is 1. The van der Waals surface area contributed by atoms with E-state index in [0.717, 1.165) is 48.6 Å². The van der Waals surface area contributed by atoms with Gasteiger partial charge in [0.25, 0.3) is 0 Å². The largest absolute Gasteiger partial charge is 0.374 e. The summed E-state index contributed by atoms with van der Waals surface area (Å²) in [5.74, 6) is 2.39. The van der Waals surface area contributed by atoms with Crippen LogP contribution in [0.25, 0.3) is 0 Å². The summed E-state index contributed by atoms with van der Waals surface area (Å²) >= 11 is 1.67. The quantitative estimate of drug-likeness (QED) is 0.862. The average molecular weight is 321 g/mol. The molecule has 0 amide bonds. The number of hydrogen-bond acceptors (Lipinski definition) is 6. The highest BCUT2D eigenvalue weighted by Gasteiger charge is 2.26. The molecule has 22 heavy (non-hydrogen) atoms. The van der Waals surface area contributed by atoms with Gasteiger partial charge in [0, 0.05) is 25.5 Å². The van der Waals surface area contributed by atoms with E-state index in [0.29, 0.717) is 5.92 Å². The van der Waals surface area contributed by atoms with Crippen LogP contribution in [0.2, 0.25) is 0 Å². The zero-order chi connectivity index (χ0) is 15.7. The average Bonchev–Trinajstić information content (AvgIpc) is 3.06. The summed E-state index contributed by atoms with van der Waals surface area (Å²) in [5.41, 5.74) is 1.06. The van der Waals surface area contributed by atoms with Gasteiger partial charge in [0.15, 0.2) is 0 Å². The molecule has 1 atom stereocenters. The number of nitrogens with zero attached hydrogens (tertiary/aromatic N) is 5. The van der Waals surface area contributed by atoms with Crippen LogP contribution in [-0.4, -0.2) is 45.5 Å². The molecule has 1 saturated heterocycles. The number of ether oxygens (including phenoxy) is 1. The summed E-state index contributed by atoms with van der Waals surface area (Å²) < 4.78 is 7.91. The molecule has 1 aliphatic rings. The smallest absolute Gasteiger partial charge is 0.227 e. The Morgan fingerprint density at radius 1 is 1.41 bits per heavy atom. The van der Waals surface area contributed by atoms with Gasteiger partial charge in [-0.3, -0.25) is 0 Å². The van der Waals surface area contributed by atoms with Gasteiger partial charge in [-0.2, -0.15) is 0 Å². The van der Waals surface area contributed by atoms with E-state index < -0.39 is 0 Å². The van der Waals surface area contributed by atoms with E-state index in [1.54, 1.807) is 11.3 Å². The van der Waals surface area contributed by atoms with E-state index in [-0.39, 0.29) is 6.10 Å². The highest BCUT2D eigenvalue weighted by molar-refractivity contribution is 7.09. The van der Waals surface area contributed by atoms with Crippen molar-refractivity contribution in [2.75, 3.05) is 24.6 Å². The maximum absolute atomic E-state index is 5.83. The molecule has 2 aromatic heterocycles. The van der Waals surface area contributed by atoms with Gasteiger partial charge in [-0.25, -0.2) is 4.98 Å². The predicted octanol–water partition coefficient (Wildman–Crippen LogP) is 2.03. The van der Waals surface area contributed by atoms with Gasteiger partial charge < -0.3 is 14.2 Å². The molecule has 0 aliphatic carbocycles. The standard InChI is InChI=1S/C15H23N5OS/c1-10(2)13-8-20(5-6-21-13)15-18-17-14(19(15)4)7-12-9-22-11(3)16-12/h9-10,13H,5-8H2,1-4H3. The van der Waals surface area contributed by atoms with Gasteiger partial charge in [-0.05, 0) is 12.8 Å². The third-order valence-electron chi connectivity index (χ3n) is 4.07. The van der Waals surface area contributed by atoms with Crippen LogP contribution in [0, 0.1) is 12.8 Å². The van der Waals surface area contributed by atoms with Crippen LogP contribution < -0.4 is 4.90 Å². The molecule has 120 valence electrons. The van der Waals surface area contributed by atoms with E-state index in [1.807, 2.05) is 14.0 Å². The molecule has 1 aliphatic heterocycles. The Morgan fingerprint density at radius 3 is 2.91 bits per heavy atom. The number of rotatable bonds is 4. The molecule has 0 saturated carbocycles. The molecule has 0 spiro atoms. The second-order valence-corrected chi connectivity index (χ2v) is 7.17. The van der Waals surface area contributed by atoms with Crippen LogP contribution in [-0.2, 0) is 18.2 Å². The zero-order valence-corrected chi connectivity index (χ0v) is 14.4. The first kappa shape index (κ1) is 15.4. The van der Waals surface area contributed by atoms with Crippen molar-refractivity contribution < 1.29 is 4.74 Å². The number of aromatic nitrogens is 4. The molecule has 6 nitrogen and oxygen atoms in total. The van der Waals surface area contributed by atoms with Crippen molar-refractivity contribution in [1.82, 2.24) is 19.7 Å². The second-order valence-electron chi connectivity index (χ2n) is 6.11.